The predicted octanol–water partition coefficient (Wildman–Crippen LogP) is 4.57. The van der Waals surface area contributed by atoms with Gasteiger partial charge in [-0.15, -0.1) is 0 Å². The highest BCUT2D eigenvalue weighted by molar-refractivity contribution is 5.99. The molecule has 1 saturated heterocycles. The van der Waals surface area contributed by atoms with Crippen LogP contribution in [0, 0.1) is 25.7 Å². The van der Waals surface area contributed by atoms with Gasteiger partial charge < -0.3 is 10.2 Å². The van der Waals surface area contributed by atoms with Gasteiger partial charge in [0.05, 0.1) is 0 Å². The minimum Gasteiger partial charge on any atom is -0.341 e. The SMILES string of the molecule is Cc1ccc(C(=O)C2CCN(C(=O)C(CC(C)C)NC(=O)c3ccccc3C)CC2)cc1. The molecule has 1 heterocycles. The average Bonchev–Trinajstić information content (AvgIpc) is 2.78. The molecular weight excluding hydrogens is 400 g/mol. The Morgan fingerprint density at radius 1 is 0.969 bits per heavy atom. The van der Waals surface area contributed by atoms with Crippen LogP contribution < -0.4 is 5.32 Å². The molecule has 2 aromatic carbocycles. The Morgan fingerprint density at radius 3 is 2.19 bits per heavy atom. The number of Topliss-reactive ketones (excluding diaryl/α,β-unsaturated/α-hetero) is 1. The maximum atomic E-state index is 13.3. The van der Waals surface area contributed by atoms with E-state index in [0.29, 0.717) is 37.9 Å². The highest BCUT2D eigenvalue weighted by atomic mass is 16.2. The van der Waals surface area contributed by atoms with E-state index in [2.05, 4.69) is 5.32 Å². The van der Waals surface area contributed by atoms with E-state index in [1.54, 1.807) is 6.07 Å². The molecule has 170 valence electrons. The first-order chi connectivity index (χ1) is 15.3. The summed E-state index contributed by atoms with van der Waals surface area (Å²) in [4.78, 5) is 40.8. The fourth-order valence-electron chi connectivity index (χ4n) is 4.29. The summed E-state index contributed by atoms with van der Waals surface area (Å²) < 4.78 is 0. The smallest absolute Gasteiger partial charge is 0.252 e. The van der Waals surface area contributed by atoms with Crippen molar-refractivity contribution >= 4 is 17.6 Å². The number of aryl methyl sites for hydroxylation is 2. The molecule has 1 aliphatic rings. The second-order valence-electron chi connectivity index (χ2n) is 9.30. The fraction of sp³-hybridized carbons (Fsp3) is 0.444. The standard InChI is InChI=1S/C27H34N2O3/c1-18(2)17-24(28-26(31)23-8-6-5-7-20(23)4)27(32)29-15-13-22(14-16-29)25(30)21-11-9-19(3)10-12-21/h5-12,18,22,24H,13-17H2,1-4H3,(H,28,31). The highest BCUT2D eigenvalue weighted by Gasteiger charge is 2.32. The number of amides is 2. The molecule has 5 nitrogen and oxygen atoms in total. The van der Waals surface area contributed by atoms with Crippen LogP contribution in [0.1, 0.15) is 65.0 Å². The maximum Gasteiger partial charge on any atom is 0.252 e. The summed E-state index contributed by atoms with van der Waals surface area (Å²) in [6.45, 7) is 9.07. The van der Waals surface area contributed by atoms with Crippen molar-refractivity contribution in [2.75, 3.05) is 13.1 Å². The van der Waals surface area contributed by atoms with E-state index in [1.165, 1.54) is 0 Å². The molecular formula is C27H34N2O3. The van der Waals surface area contributed by atoms with Crippen LogP contribution in [-0.2, 0) is 4.79 Å². The summed E-state index contributed by atoms with van der Waals surface area (Å²) in [5.41, 5.74) is 3.35. The zero-order valence-corrected chi connectivity index (χ0v) is 19.6. The number of hydrogen-bond acceptors (Lipinski definition) is 3. The van der Waals surface area contributed by atoms with E-state index < -0.39 is 6.04 Å². The Kier molecular flexibility index (Phi) is 7.84. The van der Waals surface area contributed by atoms with Crippen molar-refractivity contribution in [3.05, 3.63) is 70.8 Å². The molecule has 1 fully saturated rings. The van der Waals surface area contributed by atoms with E-state index in [9.17, 15) is 14.4 Å². The number of likely N-dealkylation sites (tertiary alicyclic amines) is 1. The van der Waals surface area contributed by atoms with Crippen LogP contribution in [-0.4, -0.2) is 41.6 Å². The third kappa shape index (κ3) is 5.84. The molecule has 32 heavy (non-hydrogen) atoms. The molecule has 0 aliphatic carbocycles. The summed E-state index contributed by atoms with van der Waals surface area (Å²) >= 11 is 0. The van der Waals surface area contributed by atoms with Crippen molar-refractivity contribution in [1.82, 2.24) is 10.2 Å². The van der Waals surface area contributed by atoms with Crippen molar-refractivity contribution in [2.45, 2.75) is 53.0 Å². The fourth-order valence-corrected chi connectivity index (χ4v) is 4.29. The molecule has 1 atom stereocenters. The topological polar surface area (TPSA) is 66.5 Å². The van der Waals surface area contributed by atoms with Crippen LogP contribution in [0.2, 0.25) is 0 Å². The number of carbonyl (C=O) groups excluding carboxylic acids is 3. The van der Waals surface area contributed by atoms with Crippen molar-refractivity contribution in [3.63, 3.8) is 0 Å². The van der Waals surface area contributed by atoms with E-state index in [1.807, 2.05) is 75.1 Å². The molecule has 1 N–H and O–H groups in total. The molecule has 3 rings (SSSR count). The molecule has 5 heteroatoms. The summed E-state index contributed by atoms with van der Waals surface area (Å²) in [6.07, 6.45) is 1.88. The third-order valence-electron chi connectivity index (χ3n) is 6.21. The molecule has 0 bridgehead atoms. The minimum absolute atomic E-state index is 0.0538. The number of ketones is 1. The monoisotopic (exact) mass is 434 g/mol. The van der Waals surface area contributed by atoms with Crippen LogP contribution in [0.4, 0.5) is 0 Å². The lowest BCUT2D eigenvalue weighted by molar-refractivity contribution is -0.134. The summed E-state index contributed by atoms with van der Waals surface area (Å²) in [5.74, 6) is 0.0886. The summed E-state index contributed by atoms with van der Waals surface area (Å²) in [5, 5.41) is 2.97. The normalized spacial score (nSPS) is 15.5. The van der Waals surface area contributed by atoms with Gasteiger partial charge in [-0.05, 0) is 50.7 Å². The Balaban J connectivity index is 1.63. The van der Waals surface area contributed by atoms with Crippen LogP contribution in [0.15, 0.2) is 48.5 Å². The average molecular weight is 435 g/mol. The van der Waals surface area contributed by atoms with Gasteiger partial charge in [0.15, 0.2) is 5.78 Å². The van der Waals surface area contributed by atoms with Gasteiger partial charge in [-0.3, -0.25) is 14.4 Å². The van der Waals surface area contributed by atoms with Gasteiger partial charge in [-0.25, -0.2) is 0 Å². The molecule has 2 aromatic rings. The van der Waals surface area contributed by atoms with Gasteiger partial charge in [-0.1, -0.05) is 61.9 Å². The van der Waals surface area contributed by atoms with Gasteiger partial charge >= 0.3 is 0 Å². The Morgan fingerprint density at radius 2 is 1.59 bits per heavy atom. The van der Waals surface area contributed by atoms with Gasteiger partial charge in [0.1, 0.15) is 6.04 Å². The van der Waals surface area contributed by atoms with E-state index >= 15 is 0 Å². The van der Waals surface area contributed by atoms with Gasteiger partial charge in [0.25, 0.3) is 5.91 Å². The van der Waals surface area contributed by atoms with Crippen LogP contribution in [0.3, 0.4) is 0 Å². The number of hydrogen-bond donors (Lipinski definition) is 1. The highest BCUT2D eigenvalue weighted by Crippen LogP contribution is 2.23. The third-order valence-corrected chi connectivity index (χ3v) is 6.21. The number of nitrogens with zero attached hydrogens (tertiary/aromatic N) is 1. The Labute approximate surface area is 191 Å². The number of piperidine rings is 1. The molecule has 0 radical (unpaired) electrons. The van der Waals surface area contributed by atoms with Crippen molar-refractivity contribution in [1.29, 1.82) is 0 Å². The Bertz CT molecular complexity index is 957. The summed E-state index contributed by atoms with van der Waals surface area (Å²) in [6, 6.07) is 14.5. The van der Waals surface area contributed by atoms with Gasteiger partial charge in [0.2, 0.25) is 5.91 Å². The quantitative estimate of drug-likeness (QED) is 0.649. The van der Waals surface area contributed by atoms with Crippen LogP contribution in [0.5, 0.6) is 0 Å². The molecule has 1 unspecified atom stereocenters. The molecule has 2 amide bonds. The molecule has 0 spiro atoms. The first-order valence-corrected chi connectivity index (χ1v) is 11.5. The lowest BCUT2D eigenvalue weighted by Gasteiger charge is -2.34. The van der Waals surface area contributed by atoms with Gasteiger partial charge in [0, 0.05) is 30.1 Å². The van der Waals surface area contributed by atoms with Gasteiger partial charge in [-0.2, -0.15) is 0 Å². The lowest BCUT2D eigenvalue weighted by atomic mass is 9.88. The van der Waals surface area contributed by atoms with Crippen molar-refractivity contribution in [3.8, 4) is 0 Å². The second kappa shape index (κ2) is 10.6. The van der Waals surface area contributed by atoms with Crippen molar-refractivity contribution in [2.24, 2.45) is 11.8 Å². The molecule has 1 aliphatic heterocycles. The van der Waals surface area contributed by atoms with E-state index in [0.717, 1.165) is 16.7 Å². The van der Waals surface area contributed by atoms with Crippen LogP contribution >= 0.6 is 0 Å². The predicted molar refractivity (Wildman–Crippen MR) is 127 cm³/mol. The first kappa shape index (κ1) is 23.7. The number of rotatable bonds is 7. The number of carbonyl (C=O) groups is 3. The van der Waals surface area contributed by atoms with E-state index in [4.69, 9.17) is 0 Å². The van der Waals surface area contributed by atoms with E-state index in [-0.39, 0.29) is 29.4 Å². The second-order valence-corrected chi connectivity index (χ2v) is 9.30. The number of benzene rings is 2. The molecule has 0 aromatic heterocycles. The number of nitrogens with one attached hydrogen (secondary N) is 1. The maximum absolute atomic E-state index is 13.3. The first-order valence-electron chi connectivity index (χ1n) is 11.5. The Hall–Kier alpha value is -2.95. The largest absolute Gasteiger partial charge is 0.341 e. The summed E-state index contributed by atoms with van der Waals surface area (Å²) in [7, 11) is 0. The lowest BCUT2D eigenvalue weighted by Crippen LogP contribution is -2.51. The van der Waals surface area contributed by atoms with Crippen molar-refractivity contribution < 1.29 is 14.4 Å². The zero-order valence-electron chi connectivity index (χ0n) is 19.6. The minimum atomic E-state index is -0.563. The zero-order chi connectivity index (χ0) is 23.3. The van der Waals surface area contributed by atoms with Crippen LogP contribution in [0.25, 0.3) is 0 Å². The molecule has 0 saturated carbocycles.